The lowest BCUT2D eigenvalue weighted by Crippen LogP contribution is -2.23. The molecule has 0 N–H and O–H groups in total. The van der Waals surface area contributed by atoms with Gasteiger partial charge in [-0.25, -0.2) is 0 Å². The van der Waals surface area contributed by atoms with E-state index in [0.29, 0.717) is 22.8 Å². The highest BCUT2D eigenvalue weighted by Crippen LogP contribution is 2.23. The first kappa shape index (κ1) is 13.8. The van der Waals surface area contributed by atoms with Crippen molar-refractivity contribution in [3.63, 3.8) is 0 Å². The van der Waals surface area contributed by atoms with Crippen molar-refractivity contribution in [3.05, 3.63) is 35.4 Å². The molecular weight excluding hydrogens is 232 g/mol. The summed E-state index contributed by atoms with van der Waals surface area (Å²) in [6, 6.07) is 7.34. The van der Waals surface area contributed by atoms with Crippen molar-refractivity contribution in [2.45, 2.75) is 27.7 Å². The van der Waals surface area contributed by atoms with Crippen LogP contribution >= 0.6 is 12.2 Å². The van der Waals surface area contributed by atoms with Crippen LogP contribution in [0.4, 0.5) is 0 Å². The first-order valence-corrected chi connectivity index (χ1v) is 6.09. The molecule has 0 aliphatic carbocycles. The molecule has 0 radical (unpaired) electrons. The van der Waals surface area contributed by atoms with Gasteiger partial charge in [-0.05, 0) is 25.2 Å². The largest absolute Gasteiger partial charge is 0.483 e. The first-order chi connectivity index (χ1) is 7.88. The SMILES string of the molecule is CCOC(=S)c1ccccc1C(=O)C(C)(C)C. The lowest BCUT2D eigenvalue weighted by atomic mass is 9.85. The van der Waals surface area contributed by atoms with Gasteiger partial charge in [0.15, 0.2) is 10.8 Å². The quantitative estimate of drug-likeness (QED) is 0.605. The number of ketones is 1. The van der Waals surface area contributed by atoms with Gasteiger partial charge in [-0.1, -0.05) is 39.0 Å². The molecule has 2 nitrogen and oxygen atoms in total. The number of hydrogen-bond donors (Lipinski definition) is 0. The first-order valence-electron chi connectivity index (χ1n) is 5.69. The Bertz CT molecular complexity index is 430. The van der Waals surface area contributed by atoms with Crippen LogP contribution < -0.4 is 0 Å². The van der Waals surface area contributed by atoms with Crippen molar-refractivity contribution in [1.82, 2.24) is 0 Å². The van der Waals surface area contributed by atoms with E-state index in [2.05, 4.69) is 0 Å². The number of thiocarbonyl (C=S) groups is 1. The number of benzene rings is 1. The lowest BCUT2D eigenvalue weighted by Gasteiger charge is -2.19. The van der Waals surface area contributed by atoms with Crippen LogP contribution in [0.5, 0.6) is 0 Å². The van der Waals surface area contributed by atoms with E-state index in [0.717, 1.165) is 0 Å². The highest BCUT2D eigenvalue weighted by Gasteiger charge is 2.26. The van der Waals surface area contributed by atoms with E-state index in [1.165, 1.54) is 0 Å². The zero-order valence-corrected chi connectivity index (χ0v) is 11.6. The van der Waals surface area contributed by atoms with Gasteiger partial charge >= 0.3 is 0 Å². The van der Waals surface area contributed by atoms with Crippen LogP contribution in [0.1, 0.15) is 43.6 Å². The van der Waals surface area contributed by atoms with Gasteiger partial charge in [0, 0.05) is 16.5 Å². The van der Waals surface area contributed by atoms with Crippen molar-refractivity contribution in [1.29, 1.82) is 0 Å². The molecule has 17 heavy (non-hydrogen) atoms. The average molecular weight is 250 g/mol. The van der Waals surface area contributed by atoms with Gasteiger partial charge in [0.2, 0.25) is 0 Å². The number of carbonyl (C=O) groups is 1. The summed E-state index contributed by atoms with van der Waals surface area (Å²) >= 11 is 5.17. The molecule has 0 aliphatic heterocycles. The minimum Gasteiger partial charge on any atom is -0.483 e. The fourth-order valence-electron chi connectivity index (χ4n) is 1.47. The third kappa shape index (κ3) is 3.37. The summed E-state index contributed by atoms with van der Waals surface area (Å²) in [5, 5.41) is 0.390. The zero-order valence-electron chi connectivity index (χ0n) is 10.7. The van der Waals surface area contributed by atoms with E-state index >= 15 is 0 Å². The van der Waals surface area contributed by atoms with Crippen LogP contribution in [0.3, 0.4) is 0 Å². The second-order valence-electron chi connectivity index (χ2n) is 4.85. The number of ether oxygens (including phenoxy) is 1. The Kier molecular flexibility index (Phi) is 4.40. The zero-order chi connectivity index (χ0) is 13.1. The van der Waals surface area contributed by atoms with Crippen LogP contribution in [0.15, 0.2) is 24.3 Å². The standard InChI is InChI=1S/C14H18O2S/c1-5-16-13(17)11-9-7-6-8-10(11)12(15)14(2,3)4/h6-9H,5H2,1-4H3. The highest BCUT2D eigenvalue weighted by molar-refractivity contribution is 7.80. The topological polar surface area (TPSA) is 26.3 Å². The molecule has 0 fully saturated rings. The van der Waals surface area contributed by atoms with E-state index in [1.807, 2.05) is 45.9 Å². The Morgan fingerprint density at radius 3 is 2.24 bits per heavy atom. The van der Waals surface area contributed by atoms with E-state index in [4.69, 9.17) is 17.0 Å². The van der Waals surface area contributed by atoms with Crippen LogP contribution in [0, 0.1) is 5.41 Å². The van der Waals surface area contributed by atoms with Crippen LogP contribution in [-0.2, 0) is 4.74 Å². The van der Waals surface area contributed by atoms with Gasteiger partial charge in [0.05, 0.1) is 6.61 Å². The molecule has 0 bridgehead atoms. The second kappa shape index (κ2) is 5.41. The number of Topliss-reactive ketones (excluding diaryl/α,β-unsaturated/α-hetero) is 1. The fourth-order valence-corrected chi connectivity index (χ4v) is 1.77. The van der Waals surface area contributed by atoms with Crippen molar-refractivity contribution in [3.8, 4) is 0 Å². The van der Waals surface area contributed by atoms with Crippen molar-refractivity contribution in [2.24, 2.45) is 5.41 Å². The van der Waals surface area contributed by atoms with Gasteiger partial charge in [-0.2, -0.15) is 0 Å². The molecule has 1 aromatic carbocycles. The summed E-state index contributed by atoms with van der Waals surface area (Å²) in [5.41, 5.74) is 0.931. The predicted molar refractivity (Wildman–Crippen MR) is 73.6 cm³/mol. The molecular formula is C14H18O2S. The van der Waals surface area contributed by atoms with Crippen molar-refractivity contribution in [2.75, 3.05) is 6.61 Å². The van der Waals surface area contributed by atoms with Crippen molar-refractivity contribution < 1.29 is 9.53 Å². The Hall–Kier alpha value is -1.22. The maximum atomic E-state index is 12.3. The normalized spacial score (nSPS) is 11.1. The third-order valence-electron chi connectivity index (χ3n) is 2.35. The van der Waals surface area contributed by atoms with Gasteiger partial charge in [-0.15, -0.1) is 0 Å². The minimum atomic E-state index is -0.419. The Morgan fingerprint density at radius 1 is 1.24 bits per heavy atom. The predicted octanol–water partition coefficient (Wildman–Crippen LogP) is 3.63. The van der Waals surface area contributed by atoms with Crippen LogP contribution in [0.2, 0.25) is 0 Å². The fraction of sp³-hybridized carbons (Fsp3) is 0.429. The summed E-state index contributed by atoms with van der Waals surface area (Å²) in [7, 11) is 0. The second-order valence-corrected chi connectivity index (χ2v) is 5.22. The number of rotatable bonds is 3. The maximum absolute atomic E-state index is 12.3. The Morgan fingerprint density at radius 2 is 1.76 bits per heavy atom. The molecule has 0 saturated heterocycles. The Labute approximate surface area is 108 Å². The summed E-state index contributed by atoms with van der Waals surface area (Å²) < 4.78 is 5.31. The van der Waals surface area contributed by atoms with E-state index in [-0.39, 0.29) is 5.78 Å². The van der Waals surface area contributed by atoms with E-state index in [9.17, 15) is 4.79 Å². The molecule has 0 aromatic heterocycles. The van der Waals surface area contributed by atoms with E-state index < -0.39 is 5.41 Å². The van der Waals surface area contributed by atoms with Gasteiger partial charge in [0.25, 0.3) is 0 Å². The molecule has 0 unspecified atom stereocenters. The molecule has 0 heterocycles. The molecule has 1 aromatic rings. The van der Waals surface area contributed by atoms with E-state index in [1.54, 1.807) is 6.07 Å². The highest BCUT2D eigenvalue weighted by atomic mass is 32.1. The molecule has 0 amide bonds. The molecule has 0 aliphatic rings. The number of hydrogen-bond acceptors (Lipinski definition) is 3. The van der Waals surface area contributed by atoms with Gasteiger partial charge in [-0.3, -0.25) is 4.79 Å². The van der Waals surface area contributed by atoms with Crippen LogP contribution in [-0.4, -0.2) is 17.4 Å². The van der Waals surface area contributed by atoms with Gasteiger partial charge in [0.1, 0.15) is 0 Å². The third-order valence-corrected chi connectivity index (χ3v) is 2.69. The molecule has 0 spiro atoms. The lowest BCUT2D eigenvalue weighted by molar-refractivity contribution is 0.0858. The average Bonchev–Trinajstić information content (AvgIpc) is 2.27. The van der Waals surface area contributed by atoms with Crippen molar-refractivity contribution >= 4 is 23.1 Å². The molecule has 1 rings (SSSR count). The smallest absolute Gasteiger partial charge is 0.191 e. The summed E-state index contributed by atoms with van der Waals surface area (Å²) in [6.07, 6.45) is 0. The van der Waals surface area contributed by atoms with Crippen LogP contribution in [0.25, 0.3) is 0 Å². The van der Waals surface area contributed by atoms with Gasteiger partial charge < -0.3 is 4.74 Å². The minimum absolute atomic E-state index is 0.0788. The monoisotopic (exact) mass is 250 g/mol. The Balaban J connectivity index is 3.17. The maximum Gasteiger partial charge on any atom is 0.191 e. The number of carbonyl (C=O) groups excluding carboxylic acids is 1. The molecule has 0 saturated carbocycles. The molecule has 3 heteroatoms. The summed E-state index contributed by atoms with van der Waals surface area (Å²) in [4.78, 5) is 12.3. The molecule has 92 valence electrons. The summed E-state index contributed by atoms with van der Waals surface area (Å²) in [5.74, 6) is 0.0788. The molecule has 0 atom stereocenters. The summed E-state index contributed by atoms with van der Waals surface area (Å²) in [6.45, 7) is 8.08.